The Morgan fingerprint density at radius 3 is 2.31 bits per heavy atom. The topological polar surface area (TPSA) is 12.0 Å². The van der Waals surface area contributed by atoms with Gasteiger partial charge in [0.25, 0.3) is 0 Å². The van der Waals surface area contributed by atoms with Crippen LogP contribution in [-0.2, 0) is 6.42 Å². The van der Waals surface area contributed by atoms with Crippen molar-refractivity contribution in [1.29, 1.82) is 0 Å². The zero-order chi connectivity index (χ0) is 11.5. The van der Waals surface area contributed by atoms with E-state index < -0.39 is 0 Å². The Labute approximate surface area is 99.3 Å². The van der Waals surface area contributed by atoms with Crippen LogP contribution in [0.15, 0.2) is 18.2 Å². The quantitative estimate of drug-likeness (QED) is 0.798. The minimum absolute atomic E-state index is 0.700. The fraction of sp³-hybridized carbons (Fsp3) is 0.600. The molecule has 1 aliphatic carbocycles. The van der Waals surface area contributed by atoms with E-state index in [9.17, 15) is 0 Å². The van der Waals surface area contributed by atoms with E-state index in [2.05, 4.69) is 44.3 Å². The molecule has 0 aromatic heterocycles. The zero-order valence-electron chi connectivity index (χ0n) is 10.7. The van der Waals surface area contributed by atoms with E-state index in [1.807, 2.05) is 0 Å². The molecule has 1 atom stereocenters. The van der Waals surface area contributed by atoms with Crippen LogP contribution in [0, 0.1) is 19.8 Å². The van der Waals surface area contributed by atoms with E-state index in [0.29, 0.717) is 6.04 Å². The second-order valence-electron chi connectivity index (χ2n) is 5.20. The number of likely N-dealkylation sites (N-methyl/N-ethyl adjacent to an activating group) is 1. The molecule has 1 unspecified atom stereocenters. The molecule has 1 heteroatoms. The van der Waals surface area contributed by atoms with Gasteiger partial charge in [0.05, 0.1) is 0 Å². The molecule has 88 valence electrons. The van der Waals surface area contributed by atoms with Crippen LogP contribution in [0.1, 0.15) is 36.5 Å². The third-order valence-corrected chi connectivity index (χ3v) is 3.39. The Morgan fingerprint density at radius 2 is 1.81 bits per heavy atom. The molecule has 0 aliphatic heterocycles. The van der Waals surface area contributed by atoms with Gasteiger partial charge < -0.3 is 5.32 Å². The van der Waals surface area contributed by atoms with Gasteiger partial charge in [-0.25, -0.2) is 0 Å². The molecule has 1 aromatic rings. The molecule has 0 bridgehead atoms. The molecule has 1 saturated carbocycles. The van der Waals surface area contributed by atoms with Gasteiger partial charge in [-0.1, -0.05) is 36.2 Å². The summed E-state index contributed by atoms with van der Waals surface area (Å²) in [5, 5.41) is 3.63. The van der Waals surface area contributed by atoms with Crippen LogP contribution in [0.3, 0.4) is 0 Å². The second kappa shape index (κ2) is 5.01. The van der Waals surface area contributed by atoms with E-state index in [1.54, 1.807) is 0 Å². The summed E-state index contributed by atoms with van der Waals surface area (Å²) in [6, 6.07) is 7.62. The summed E-state index contributed by atoms with van der Waals surface area (Å²) in [4.78, 5) is 0. The Hall–Kier alpha value is -0.820. The summed E-state index contributed by atoms with van der Waals surface area (Å²) in [6.07, 6.45) is 4.03. The van der Waals surface area contributed by atoms with Gasteiger partial charge in [-0.2, -0.15) is 0 Å². The van der Waals surface area contributed by atoms with Gasteiger partial charge in [0.15, 0.2) is 0 Å². The molecule has 16 heavy (non-hydrogen) atoms. The van der Waals surface area contributed by atoms with Crippen LogP contribution in [0.4, 0.5) is 0 Å². The zero-order valence-corrected chi connectivity index (χ0v) is 10.7. The van der Waals surface area contributed by atoms with E-state index in [1.165, 1.54) is 36.0 Å². The Balaban J connectivity index is 2.05. The Morgan fingerprint density at radius 1 is 1.19 bits per heavy atom. The molecule has 0 heterocycles. The highest BCUT2D eigenvalue weighted by Gasteiger charge is 2.30. The fourth-order valence-corrected chi connectivity index (χ4v) is 2.61. The summed E-state index contributed by atoms with van der Waals surface area (Å²) >= 11 is 0. The second-order valence-corrected chi connectivity index (χ2v) is 5.20. The average Bonchev–Trinajstić information content (AvgIpc) is 2.98. The van der Waals surface area contributed by atoms with Crippen LogP contribution in [0.5, 0.6) is 0 Å². The molecule has 0 amide bonds. The Bertz CT molecular complexity index is 332. The highest BCUT2D eigenvalue weighted by molar-refractivity contribution is 5.29. The molecule has 0 radical (unpaired) electrons. The van der Waals surface area contributed by atoms with E-state index >= 15 is 0 Å². The predicted molar refractivity (Wildman–Crippen MR) is 69.8 cm³/mol. The van der Waals surface area contributed by atoms with Gasteiger partial charge in [-0.15, -0.1) is 0 Å². The largest absolute Gasteiger partial charge is 0.314 e. The maximum atomic E-state index is 3.63. The van der Waals surface area contributed by atoms with Gasteiger partial charge in [-0.05, 0) is 51.1 Å². The van der Waals surface area contributed by atoms with Crippen molar-refractivity contribution in [2.45, 2.75) is 46.1 Å². The lowest BCUT2D eigenvalue weighted by molar-refractivity contribution is 0.472. The van der Waals surface area contributed by atoms with Crippen molar-refractivity contribution in [3.05, 3.63) is 34.9 Å². The number of hydrogen-bond acceptors (Lipinski definition) is 1. The van der Waals surface area contributed by atoms with Crippen LogP contribution >= 0.6 is 0 Å². The van der Waals surface area contributed by atoms with E-state index in [-0.39, 0.29) is 0 Å². The van der Waals surface area contributed by atoms with Gasteiger partial charge in [-0.3, -0.25) is 0 Å². The SMILES string of the molecule is CCNC(Cc1cc(C)cc(C)c1)C1CC1. The molecule has 1 aromatic carbocycles. The lowest BCUT2D eigenvalue weighted by atomic mass is 9.99. The van der Waals surface area contributed by atoms with Crippen molar-refractivity contribution >= 4 is 0 Å². The van der Waals surface area contributed by atoms with Crippen molar-refractivity contribution < 1.29 is 0 Å². The highest BCUT2D eigenvalue weighted by Crippen LogP contribution is 2.34. The van der Waals surface area contributed by atoms with Crippen LogP contribution in [0.2, 0.25) is 0 Å². The van der Waals surface area contributed by atoms with Gasteiger partial charge in [0.1, 0.15) is 0 Å². The molecule has 1 nitrogen and oxygen atoms in total. The van der Waals surface area contributed by atoms with Crippen molar-refractivity contribution in [3.8, 4) is 0 Å². The fourth-order valence-electron chi connectivity index (χ4n) is 2.61. The first-order valence-electron chi connectivity index (χ1n) is 6.49. The number of rotatable bonds is 5. The molecule has 1 aliphatic rings. The smallest absolute Gasteiger partial charge is 0.0136 e. The first kappa shape index (κ1) is 11.7. The standard InChI is InChI=1S/C15H23N/c1-4-16-15(14-5-6-14)10-13-8-11(2)7-12(3)9-13/h7-9,14-16H,4-6,10H2,1-3H3. The predicted octanol–water partition coefficient (Wildman–Crippen LogP) is 3.23. The third kappa shape index (κ3) is 3.08. The van der Waals surface area contributed by atoms with Gasteiger partial charge >= 0.3 is 0 Å². The first-order valence-corrected chi connectivity index (χ1v) is 6.49. The van der Waals surface area contributed by atoms with Crippen LogP contribution in [0.25, 0.3) is 0 Å². The summed E-state index contributed by atoms with van der Waals surface area (Å²) in [6.45, 7) is 7.68. The minimum Gasteiger partial charge on any atom is -0.314 e. The molecular formula is C15H23N. The van der Waals surface area contributed by atoms with Crippen LogP contribution in [-0.4, -0.2) is 12.6 Å². The molecule has 1 N–H and O–H groups in total. The maximum absolute atomic E-state index is 3.63. The molecule has 2 rings (SSSR count). The lowest BCUT2D eigenvalue weighted by Gasteiger charge is -2.17. The number of aryl methyl sites for hydroxylation is 2. The average molecular weight is 217 g/mol. The van der Waals surface area contributed by atoms with Crippen LogP contribution < -0.4 is 5.32 Å². The summed E-state index contributed by atoms with van der Waals surface area (Å²) in [5.74, 6) is 0.931. The van der Waals surface area contributed by atoms with E-state index in [4.69, 9.17) is 0 Å². The lowest BCUT2D eigenvalue weighted by Crippen LogP contribution is -2.32. The number of hydrogen-bond donors (Lipinski definition) is 1. The number of benzene rings is 1. The molecule has 0 saturated heterocycles. The van der Waals surface area contributed by atoms with Crippen molar-refractivity contribution in [1.82, 2.24) is 5.32 Å². The summed E-state index contributed by atoms with van der Waals surface area (Å²) < 4.78 is 0. The normalized spacial score (nSPS) is 17.4. The van der Waals surface area contributed by atoms with Crippen molar-refractivity contribution in [2.75, 3.05) is 6.54 Å². The third-order valence-electron chi connectivity index (χ3n) is 3.39. The maximum Gasteiger partial charge on any atom is 0.0136 e. The van der Waals surface area contributed by atoms with Crippen molar-refractivity contribution in [2.24, 2.45) is 5.92 Å². The molecule has 0 spiro atoms. The Kier molecular flexibility index (Phi) is 3.65. The molecular weight excluding hydrogens is 194 g/mol. The van der Waals surface area contributed by atoms with E-state index in [0.717, 1.165) is 12.5 Å². The first-order chi connectivity index (χ1) is 7.69. The van der Waals surface area contributed by atoms with Gasteiger partial charge in [0.2, 0.25) is 0 Å². The monoisotopic (exact) mass is 217 g/mol. The summed E-state index contributed by atoms with van der Waals surface area (Å²) in [5.41, 5.74) is 4.28. The molecule has 1 fully saturated rings. The number of nitrogens with one attached hydrogen (secondary N) is 1. The van der Waals surface area contributed by atoms with Gasteiger partial charge in [0, 0.05) is 6.04 Å². The summed E-state index contributed by atoms with van der Waals surface area (Å²) in [7, 11) is 0. The van der Waals surface area contributed by atoms with Crippen molar-refractivity contribution in [3.63, 3.8) is 0 Å². The highest BCUT2D eigenvalue weighted by atomic mass is 14.9. The minimum atomic E-state index is 0.700.